The lowest BCUT2D eigenvalue weighted by Crippen LogP contribution is -2.01. The Morgan fingerprint density at radius 2 is 2.36 bits per heavy atom. The van der Waals surface area contributed by atoms with Gasteiger partial charge >= 0.3 is 0 Å². The van der Waals surface area contributed by atoms with Crippen LogP contribution in [0.1, 0.15) is 17.3 Å². The minimum absolute atomic E-state index is 0.144. The highest BCUT2D eigenvalue weighted by Crippen LogP contribution is 2.06. The Labute approximate surface area is 67.2 Å². The summed E-state index contributed by atoms with van der Waals surface area (Å²) >= 11 is 5.25. The van der Waals surface area contributed by atoms with Crippen LogP contribution in [-0.4, -0.2) is 15.8 Å². The van der Waals surface area contributed by atoms with Crippen LogP contribution in [0.3, 0.4) is 0 Å². The molecule has 0 amide bonds. The predicted molar refractivity (Wildman–Crippen MR) is 37.0 cm³/mol. The van der Waals surface area contributed by atoms with Gasteiger partial charge in [0.05, 0.1) is 5.56 Å². The molecule has 0 saturated heterocycles. The molecule has 1 aromatic heterocycles. The summed E-state index contributed by atoms with van der Waals surface area (Å²) < 4.78 is 12.6. The molecular formula is C6H4ClFN2O. The monoisotopic (exact) mass is 174 g/mol. The normalized spacial score (nSPS) is 9.73. The van der Waals surface area contributed by atoms with Gasteiger partial charge in [-0.15, -0.1) is 0 Å². The maximum absolute atomic E-state index is 12.6. The molecule has 0 saturated carbocycles. The Balaban J connectivity index is 3.20. The van der Waals surface area contributed by atoms with Crippen LogP contribution >= 0.6 is 11.6 Å². The largest absolute Gasteiger partial charge is 0.294 e. The lowest BCUT2D eigenvalue weighted by Gasteiger charge is -1.94. The van der Waals surface area contributed by atoms with E-state index in [1.165, 1.54) is 6.92 Å². The summed E-state index contributed by atoms with van der Waals surface area (Å²) in [7, 11) is 0. The van der Waals surface area contributed by atoms with Crippen molar-refractivity contribution in [3.05, 3.63) is 23.0 Å². The first-order chi connectivity index (χ1) is 5.11. The highest BCUT2D eigenvalue weighted by atomic mass is 35.5. The van der Waals surface area contributed by atoms with Gasteiger partial charge in [-0.2, -0.15) is 9.37 Å². The molecule has 0 aromatic carbocycles. The third-order valence-electron chi connectivity index (χ3n) is 1.09. The average molecular weight is 175 g/mol. The first kappa shape index (κ1) is 8.07. The van der Waals surface area contributed by atoms with E-state index in [9.17, 15) is 9.18 Å². The molecule has 1 rings (SSSR count). The fraction of sp³-hybridized carbons (Fsp3) is 0.167. The Kier molecular flexibility index (Phi) is 2.14. The zero-order chi connectivity index (χ0) is 8.43. The van der Waals surface area contributed by atoms with Crippen molar-refractivity contribution < 1.29 is 9.18 Å². The van der Waals surface area contributed by atoms with Crippen molar-refractivity contribution in [2.75, 3.05) is 0 Å². The van der Waals surface area contributed by atoms with Gasteiger partial charge in [-0.1, -0.05) is 0 Å². The molecule has 11 heavy (non-hydrogen) atoms. The zero-order valence-corrected chi connectivity index (χ0v) is 6.39. The van der Waals surface area contributed by atoms with E-state index < -0.39 is 11.7 Å². The van der Waals surface area contributed by atoms with Gasteiger partial charge < -0.3 is 0 Å². The summed E-state index contributed by atoms with van der Waals surface area (Å²) in [6, 6.07) is 0. The molecule has 0 bridgehead atoms. The summed E-state index contributed by atoms with van der Waals surface area (Å²) in [6.07, 6.45) is 1.06. The zero-order valence-electron chi connectivity index (χ0n) is 5.64. The van der Waals surface area contributed by atoms with Crippen molar-refractivity contribution >= 4 is 17.4 Å². The number of nitrogens with zero attached hydrogens (tertiary/aromatic N) is 2. The Morgan fingerprint density at radius 3 is 2.82 bits per heavy atom. The topological polar surface area (TPSA) is 42.9 Å². The van der Waals surface area contributed by atoms with Crippen LogP contribution in [0.15, 0.2) is 6.20 Å². The number of hydrogen-bond acceptors (Lipinski definition) is 3. The minimum Gasteiger partial charge on any atom is -0.294 e. The molecular weight excluding hydrogens is 171 g/mol. The Hall–Kier alpha value is -1.03. The predicted octanol–water partition coefficient (Wildman–Crippen LogP) is 1.47. The third kappa shape index (κ3) is 1.71. The first-order valence-electron chi connectivity index (χ1n) is 2.80. The summed E-state index contributed by atoms with van der Waals surface area (Å²) in [5, 5.41) is -0.201. The van der Waals surface area contributed by atoms with Crippen molar-refractivity contribution in [2.24, 2.45) is 0 Å². The molecule has 0 aliphatic rings. The summed E-state index contributed by atoms with van der Waals surface area (Å²) in [5.41, 5.74) is -0.144. The highest BCUT2D eigenvalue weighted by molar-refractivity contribution is 6.28. The summed E-state index contributed by atoms with van der Waals surface area (Å²) in [5.74, 6) is -1.29. The smallest absolute Gasteiger partial charge is 0.228 e. The van der Waals surface area contributed by atoms with E-state index in [0.29, 0.717) is 0 Å². The van der Waals surface area contributed by atoms with Crippen molar-refractivity contribution in [3.63, 3.8) is 0 Å². The van der Waals surface area contributed by atoms with E-state index in [1.54, 1.807) is 0 Å². The number of hydrogen-bond donors (Lipinski definition) is 0. The van der Waals surface area contributed by atoms with Gasteiger partial charge in [-0.25, -0.2) is 4.98 Å². The lowest BCUT2D eigenvalue weighted by molar-refractivity contribution is 0.101. The third-order valence-corrected chi connectivity index (χ3v) is 1.27. The number of rotatable bonds is 1. The van der Waals surface area contributed by atoms with Gasteiger partial charge in [0.1, 0.15) is 0 Å². The number of halogens is 2. The summed E-state index contributed by atoms with van der Waals surface area (Å²) in [4.78, 5) is 17.2. The lowest BCUT2D eigenvalue weighted by atomic mass is 10.2. The number of ketones is 1. The second-order valence-electron chi connectivity index (χ2n) is 1.90. The van der Waals surface area contributed by atoms with Crippen LogP contribution in [0.4, 0.5) is 4.39 Å². The SMILES string of the molecule is CC(=O)c1cnc(Cl)nc1F. The maximum Gasteiger partial charge on any atom is 0.228 e. The molecule has 1 aromatic rings. The van der Waals surface area contributed by atoms with Crippen molar-refractivity contribution in [2.45, 2.75) is 6.92 Å². The van der Waals surface area contributed by atoms with E-state index in [1.807, 2.05) is 0 Å². The quantitative estimate of drug-likeness (QED) is 0.368. The van der Waals surface area contributed by atoms with Gasteiger partial charge in [0, 0.05) is 6.20 Å². The van der Waals surface area contributed by atoms with Gasteiger partial charge in [0.2, 0.25) is 11.2 Å². The van der Waals surface area contributed by atoms with Crippen LogP contribution in [0.2, 0.25) is 5.28 Å². The van der Waals surface area contributed by atoms with Crippen LogP contribution in [0, 0.1) is 5.95 Å². The first-order valence-corrected chi connectivity index (χ1v) is 3.18. The van der Waals surface area contributed by atoms with E-state index >= 15 is 0 Å². The van der Waals surface area contributed by atoms with Crippen molar-refractivity contribution in [1.82, 2.24) is 9.97 Å². The van der Waals surface area contributed by atoms with Gasteiger partial charge in [0.25, 0.3) is 0 Å². The molecule has 3 nitrogen and oxygen atoms in total. The molecule has 5 heteroatoms. The molecule has 0 atom stereocenters. The molecule has 0 spiro atoms. The molecule has 0 fully saturated rings. The van der Waals surface area contributed by atoms with E-state index in [-0.39, 0.29) is 10.8 Å². The fourth-order valence-electron chi connectivity index (χ4n) is 0.577. The van der Waals surface area contributed by atoms with Crippen LogP contribution in [0.25, 0.3) is 0 Å². The van der Waals surface area contributed by atoms with Crippen molar-refractivity contribution in [1.29, 1.82) is 0 Å². The molecule has 0 unspecified atom stereocenters. The fourth-order valence-corrected chi connectivity index (χ4v) is 0.700. The number of aromatic nitrogens is 2. The van der Waals surface area contributed by atoms with Crippen LogP contribution < -0.4 is 0 Å². The molecule has 1 heterocycles. The van der Waals surface area contributed by atoms with E-state index in [2.05, 4.69) is 9.97 Å². The van der Waals surface area contributed by atoms with Gasteiger partial charge in [0.15, 0.2) is 5.78 Å². The molecule has 0 radical (unpaired) electrons. The molecule has 58 valence electrons. The van der Waals surface area contributed by atoms with Crippen LogP contribution in [0.5, 0.6) is 0 Å². The van der Waals surface area contributed by atoms with E-state index in [4.69, 9.17) is 11.6 Å². The molecule has 0 aliphatic carbocycles. The van der Waals surface area contributed by atoms with Gasteiger partial charge in [-0.3, -0.25) is 4.79 Å². The standard InChI is InChI=1S/C6H4ClFN2O/c1-3(11)4-2-9-6(7)10-5(4)8/h2H,1H3. The molecule has 0 N–H and O–H groups in total. The Bertz CT molecular complexity index is 303. The average Bonchev–Trinajstić information content (AvgIpc) is 1.85. The summed E-state index contributed by atoms with van der Waals surface area (Å²) in [6.45, 7) is 1.23. The van der Waals surface area contributed by atoms with E-state index in [0.717, 1.165) is 6.20 Å². The number of Topliss-reactive ketones (excluding diaryl/α,β-unsaturated/α-hetero) is 1. The van der Waals surface area contributed by atoms with Gasteiger partial charge in [-0.05, 0) is 18.5 Å². The highest BCUT2D eigenvalue weighted by Gasteiger charge is 2.08. The van der Waals surface area contributed by atoms with Crippen LogP contribution in [-0.2, 0) is 0 Å². The minimum atomic E-state index is -0.877. The number of carbonyl (C=O) groups is 1. The maximum atomic E-state index is 12.6. The number of carbonyl (C=O) groups excluding carboxylic acids is 1. The second-order valence-corrected chi connectivity index (χ2v) is 2.24. The molecule has 0 aliphatic heterocycles. The second kappa shape index (κ2) is 2.92. The Morgan fingerprint density at radius 1 is 1.73 bits per heavy atom. The van der Waals surface area contributed by atoms with Crippen molar-refractivity contribution in [3.8, 4) is 0 Å².